The van der Waals surface area contributed by atoms with Crippen LogP contribution in [0.1, 0.15) is 15.9 Å². The molecular formula is C8H6ClFO3. The van der Waals surface area contributed by atoms with Crippen molar-refractivity contribution in [1.29, 1.82) is 0 Å². The molecular weight excluding hydrogens is 199 g/mol. The SMILES string of the molecule is O=C(O)c1c(F)cc(CO)cc1Cl. The van der Waals surface area contributed by atoms with Gasteiger partial charge in [-0.15, -0.1) is 0 Å². The molecule has 0 amide bonds. The maximum absolute atomic E-state index is 13.0. The van der Waals surface area contributed by atoms with Gasteiger partial charge in [0, 0.05) is 0 Å². The van der Waals surface area contributed by atoms with E-state index in [1.807, 2.05) is 0 Å². The fourth-order valence-electron chi connectivity index (χ4n) is 0.921. The molecule has 0 radical (unpaired) electrons. The molecule has 13 heavy (non-hydrogen) atoms. The molecule has 0 unspecified atom stereocenters. The van der Waals surface area contributed by atoms with Crippen LogP contribution in [0.2, 0.25) is 5.02 Å². The van der Waals surface area contributed by atoms with E-state index in [2.05, 4.69) is 0 Å². The van der Waals surface area contributed by atoms with E-state index in [0.717, 1.165) is 6.07 Å². The van der Waals surface area contributed by atoms with Crippen LogP contribution in [0.3, 0.4) is 0 Å². The summed E-state index contributed by atoms with van der Waals surface area (Å²) in [5.74, 6) is -2.36. The van der Waals surface area contributed by atoms with Gasteiger partial charge in [0.05, 0.1) is 11.6 Å². The third kappa shape index (κ3) is 1.96. The quantitative estimate of drug-likeness (QED) is 0.771. The average Bonchev–Trinajstić information content (AvgIpc) is 2.02. The first-order chi connectivity index (χ1) is 6.06. The normalized spacial score (nSPS) is 10.1. The molecule has 0 saturated heterocycles. The zero-order valence-electron chi connectivity index (χ0n) is 6.42. The summed E-state index contributed by atoms with van der Waals surface area (Å²) in [6, 6.07) is 2.16. The van der Waals surface area contributed by atoms with Crippen LogP contribution >= 0.6 is 11.6 Å². The van der Waals surface area contributed by atoms with Crippen molar-refractivity contribution in [1.82, 2.24) is 0 Å². The summed E-state index contributed by atoms with van der Waals surface area (Å²) in [4.78, 5) is 10.5. The van der Waals surface area contributed by atoms with Crippen molar-refractivity contribution in [2.45, 2.75) is 6.61 Å². The van der Waals surface area contributed by atoms with E-state index in [-0.39, 0.29) is 17.2 Å². The second kappa shape index (κ2) is 3.72. The number of carboxylic acid groups (broad SMARTS) is 1. The van der Waals surface area contributed by atoms with Crippen LogP contribution in [0.5, 0.6) is 0 Å². The van der Waals surface area contributed by atoms with Gasteiger partial charge in [0.2, 0.25) is 0 Å². The lowest BCUT2D eigenvalue weighted by atomic mass is 10.1. The van der Waals surface area contributed by atoms with Gasteiger partial charge < -0.3 is 10.2 Å². The lowest BCUT2D eigenvalue weighted by Gasteiger charge is -2.02. The Bertz CT molecular complexity index is 328. The molecule has 0 fully saturated rings. The van der Waals surface area contributed by atoms with Crippen LogP contribution in [0.4, 0.5) is 4.39 Å². The van der Waals surface area contributed by atoms with Gasteiger partial charge in [-0.25, -0.2) is 9.18 Å². The van der Waals surface area contributed by atoms with Crippen molar-refractivity contribution in [3.8, 4) is 0 Å². The minimum atomic E-state index is -1.42. The van der Waals surface area contributed by atoms with E-state index in [0.29, 0.717) is 0 Å². The molecule has 0 aliphatic heterocycles. The third-order valence-electron chi connectivity index (χ3n) is 1.50. The van der Waals surface area contributed by atoms with Crippen LogP contribution in [-0.2, 0) is 6.61 Å². The van der Waals surface area contributed by atoms with Gasteiger partial charge in [0.15, 0.2) is 0 Å². The number of aliphatic hydroxyl groups excluding tert-OH is 1. The number of halogens is 2. The smallest absolute Gasteiger partial charge is 0.340 e. The molecule has 5 heteroatoms. The van der Waals surface area contributed by atoms with Crippen LogP contribution < -0.4 is 0 Å². The molecule has 1 aromatic carbocycles. The van der Waals surface area contributed by atoms with E-state index in [9.17, 15) is 9.18 Å². The summed E-state index contributed by atoms with van der Waals surface area (Å²) < 4.78 is 13.0. The monoisotopic (exact) mass is 204 g/mol. The molecule has 1 rings (SSSR count). The van der Waals surface area contributed by atoms with Crippen molar-refractivity contribution in [2.75, 3.05) is 0 Å². The van der Waals surface area contributed by atoms with Crippen molar-refractivity contribution in [2.24, 2.45) is 0 Å². The Kier molecular flexibility index (Phi) is 2.85. The summed E-state index contributed by atoms with van der Waals surface area (Å²) >= 11 is 5.48. The zero-order valence-corrected chi connectivity index (χ0v) is 7.18. The topological polar surface area (TPSA) is 57.5 Å². The van der Waals surface area contributed by atoms with Gasteiger partial charge in [-0.3, -0.25) is 0 Å². The second-order valence-corrected chi connectivity index (χ2v) is 2.80. The summed E-state index contributed by atoms with van der Waals surface area (Å²) in [6.07, 6.45) is 0. The first-order valence-electron chi connectivity index (χ1n) is 3.38. The largest absolute Gasteiger partial charge is 0.478 e. The van der Waals surface area contributed by atoms with E-state index in [4.69, 9.17) is 21.8 Å². The lowest BCUT2D eigenvalue weighted by molar-refractivity contribution is 0.0692. The number of carboxylic acids is 1. The van der Waals surface area contributed by atoms with Crippen LogP contribution in [-0.4, -0.2) is 16.2 Å². The molecule has 0 spiro atoms. The highest BCUT2D eigenvalue weighted by atomic mass is 35.5. The zero-order chi connectivity index (χ0) is 10.0. The predicted molar refractivity (Wildman–Crippen MR) is 44.3 cm³/mol. The van der Waals surface area contributed by atoms with Crippen molar-refractivity contribution in [3.63, 3.8) is 0 Å². The first kappa shape index (κ1) is 9.95. The highest BCUT2D eigenvalue weighted by Crippen LogP contribution is 2.21. The van der Waals surface area contributed by atoms with E-state index in [1.165, 1.54) is 6.07 Å². The van der Waals surface area contributed by atoms with Gasteiger partial charge in [-0.2, -0.15) is 0 Å². The molecule has 0 aliphatic carbocycles. The minimum absolute atomic E-state index is 0.212. The summed E-state index contributed by atoms with van der Waals surface area (Å²) in [5.41, 5.74) is -0.327. The Labute approximate surface area is 78.4 Å². The second-order valence-electron chi connectivity index (χ2n) is 2.40. The van der Waals surface area contributed by atoms with E-state index >= 15 is 0 Å². The number of hydrogen-bond acceptors (Lipinski definition) is 2. The maximum atomic E-state index is 13.0. The number of hydrogen-bond donors (Lipinski definition) is 2. The standard InChI is InChI=1S/C8H6ClFO3/c9-5-1-4(3-11)2-6(10)7(5)8(12)13/h1-2,11H,3H2,(H,12,13). The Balaban J connectivity index is 3.31. The molecule has 2 N–H and O–H groups in total. The summed E-state index contributed by atoms with van der Waals surface area (Å²) in [5, 5.41) is 17.0. The minimum Gasteiger partial charge on any atom is -0.478 e. The van der Waals surface area contributed by atoms with Crippen molar-refractivity contribution >= 4 is 17.6 Å². The maximum Gasteiger partial charge on any atom is 0.340 e. The van der Waals surface area contributed by atoms with Gasteiger partial charge in [0.1, 0.15) is 11.4 Å². The average molecular weight is 205 g/mol. The highest BCUT2D eigenvalue weighted by Gasteiger charge is 2.15. The number of aliphatic hydroxyl groups is 1. The Morgan fingerprint density at radius 1 is 1.54 bits per heavy atom. The molecule has 0 aliphatic rings. The molecule has 0 atom stereocenters. The molecule has 0 aromatic heterocycles. The molecule has 0 heterocycles. The molecule has 3 nitrogen and oxygen atoms in total. The van der Waals surface area contributed by atoms with Crippen LogP contribution in [0.15, 0.2) is 12.1 Å². The lowest BCUT2D eigenvalue weighted by Crippen LogP contribution is -2.02. The fraction of sp³-hybridized carbons (Fsp3) is 0.125. The van der Waals surface area contributed by atoms with E-state index < -0.39 is 17.3 Å². The van der Waals surface area contributed by atoms with Crippen molar-refractivity contribution in [3.05, 3.63) is 34.1 Å². The number of aromatic carboxylic acids is 1. The number of carbonyl (C=O) groups is 1. The Morgan fingerprint density at radius 2 is 2.15 bits per heavy atom. The van der Waals surface area contributed by atoms with Gasteiger partial charge in [-0.1, -0.05) is 11.6 Å². The van der Waals surface area contributed by atoms with Gasteiger partial charge in [0.25, 0.3) is 0 Å². The fourth-order valence-corrected chi connectivity index (χ4v) is 1.23. The third-order valence-corrected chi connectivity index (χ3v) is 1.80. The Hall–Kier alpha value is -1.13. The predicted octanol–water partition coefficient (Wildman–Crippen LogP) is 1.67. The summed E-state index contributed by atoms with van der Waals surface area (Å²) in [7, 11) is 0. The van der Waals surface area contributed by atoms with E-state index in [1.54, 1.807) is 0 Å². The molecule has 0 saturated carbocycles. The molecule has 70 valence electrons. The molecule has 0 bridgehead atoms. The summed E-state index contributed by atoms with van der Waals surface area (Å²) in [6.45, 7) is -0.378. The van der Waals surface area contributed by atoms with Crippen LogP contribution in [0.25, 0.3) is 0 Å². The molecule has 1 aromatic rings. The van der Waals surface area contributed by atoms with Crippen LogP contribution in [0, 0.1) is 5.82 Å². The van der Waals surface area contributed by atoms with Crippen molar-refractivity contribution < 1.29 is 19.4 Å². The Morgan fingerprint density at radius 3 is 2.54 bits per heavy atom. The first-order valence-corrected chi connectivity index (χ1v) is 3.76. The van der Waals surface area contributed by atoms with Gasteiger partial charge in [-0.05, 0) is 17.7 Å². The number of rotatable bonds is 2. The number of benzene rings is 1. The van der Waals surface area contributed by atoms with Gasteiger partial charge >= 0.3 is 5.97 Å². The highest BCUT2D eigenvalue weighted by molar-refractivity contribution is 6.33.